The van der Waals surface area contributed by atoms with Gasteiger partial charge in [-0.2, -0.15) is 0 Å². The summed E-state index contributed by atoms with van der Waals surface area (Å²) in [6.07, 6.45) is 0.950. The molecule has 4 heteroatoms. The maximum absolute atomic E-state index is 10.6. The van der Waals surface area contributed by atoms with E-state index < -0.39 is 12.1 Å². The van der Waals surface area contributed by atoms with Gasteiger partial charge < -0.3 is 15.2 Å². The third-order valence-corrected chi connectivity index (χ3v) is 2.41. The van der Waals surface area contributed by atoms with Crippen LogP contribution in [0.5, 0.6) is 0 Å². The van der Waals surface area contributed by atoms with Gasteiger partial charge in [0.15, 0.2) is 6.10 Å². The number of carboxylic acid groups (broad SMARTS) is 1. The first-order valence-electron chi connectivity index (χ1n) is 5.47. The van der Waals surface area contributed by atoms with Crippen molar-refractivity contribution in [3.05, 3.63) is 0 Å². The first-order chi connectivity index (χ1) is 6.88. The Morgan fingerprint density at radius 3 is 2.60 bits per heavy atom. The molecule has 2 N–H and O–H groups in total. The fourth-order valence-corrected chi connectivity index (χ4v) is 1.65. The second-order valence-corrected chi connectivity index (χ2v) is 5.35. The largest absolute Gasteiger partial charge is 0.479 e. The van der Waals surface area contributed by atoms with Crippen molar-refractivity contribution < 1.29 is 14.6 Å². The highest BCUT2D eigenvalue weighted by Crippen LogP contribution is 2.19. The Bertz CT molecular complexity index is 222. The summed E-state index contributed by atoms with van der Waals surface area (Å²) >= 11 is 0. The lowest BCUT2D eigenvalue weighted by atomic mass is 9.97. The summed E-state index contributed by atoms with van der Waals surface area (Å²) in [5.74, 6) is -0.840. The van der Waals surface area contributed by atoms with Crippen molar-refractivity contribution in [1.82, 2.24) is 5.32 Å². The molecule has 0 spiro atoms. The van der Waals surface area contributed by atoms with Crippen LogP contribution in [0.25, 0.3) is 0 Å². The smallest absolute Gasteiger partial charge is 0.332 e. The summed E-state index contributed by atoms with van der Waals surface area (Å²) < 4.78 is 5.38. The predicted octanol–water partition coefficient (Wildman–Crippen LogP) is 1.25. The number of rotatable bonds is 4. The Morgan fingerprint density at radius 2 is 2.13 bits per heavy atom. The molecular weight excluding hydrogens is 194 g/mol. The van der Waals surface area contributed by atoms with Crippen LogP contribution >= 0.6 is 0 Å². The van der Waals surface area contributed by atoms with E-state index in [1.54, 1.807) is 0 Å². The molecule has 88 valence electrons. The Balaban J connectivity index is 2.17. The van der Waals surface area contributed by atoms with E-state index in [1.807, 2.05) is 0 Å². The van der Waals surface area contributed by atoms with Gasteiger partial charge in [0.1, 0.15) is 0 Å². The van der Waals surface area contributed by atoms with Crippen molar-refractivity contribution in [1.29, 1.82) is 0 Å². The van der Waals surface area contributed by atoms with Crippen molar-refractivity contribution in [3.8, 4) is 0 Å². The highest BCUT2D eigenvalue weighted by Gasteiger charge is 2.30. The first kappa shape index (κ1) is 12.5. The molecule has 1 fully saturated rings. The molecular formula is C11H21NO3. The van der Waals surface area contributed by atoms with Gasteiger partial charge in [-0.05, 0) is 18.3 Å². The van der Waals surface area contributed by atoms with Crippen LogP contribution in [0.1, 0.15) is 33.6 Å². The molecule has 1 saturated heterocycles. The number of carbonyl (C=O) groups is 1. The fraction of sp³-hybridized carbons (Fsp3) is 0.909. The highest BCUT2D eigenvalue weighted by molar-refractivity contribution is 5.72. The van der Waals surface area contributed by atoms with E-state index in [0.29, 0.717) is 6.42 Å². The van der Waals surface area contributed by atoms with Gasteiger partial charge in [-0.3, -0.25) is 0 Å². The third kappa shape index (κ3) is 4.62. The van der Waals surface area contributed by atoms with Gasteiger partial charge in [-0.15, -0.1) is 0 Å². The van der Waals surface area contributed by atoms with E-state index >= 15 is 0 Å². The Kier molecular flexibility index (Phi) is 4.11. The van der Waals surface area contributed by atoms with Gasteiger partial charge in [-0.1, -0.05) is 20.8 Å². The number of aliphatic carboxylic acids is 1. The SMILES string of the molecule is CC(C)(C)CNCC1CCC(C(=O)O)O1. The van der Waals surface area contributed by atoms with Crippen LogP contribution in [0.2, 0.25) is 0 Å². The fourth-order valence-electron chi connectivity index (χ4n) is 1.65. The summed E-state index contributed by atoms with van der Waals surface area (Å²) in [5, 5.41) is 12.0. The average Bonchev–Trinajstić information content (AvgIpc) is 2.50. The highest BCUT2D eigenvalue weighted by atomic mass is 16.5. The predicted molar refractivity (Wildman–Crippen MR) is 57.9 cm³/mol. The van der Waals surface area contributed by atoms with Gasteiger partial charge in [-0.25, -0.2) is 4.79 Å². The van der Waals surface area contributed by atoms with Crippen molar-refractivity contribution >= 4 is 5.97 Å². The maximum atomic E-state index is 10.6. The summed E-state index contributed by atoms with van der Waals surface area (Å²) in [6.45, 7) is 8.16. The number of nitrogens with one attached hydrogen (secondary N) is 1. The molecule has 1 aliphatic heterocycles. The second-order valence-electron chi connectivity index (χ2n) is 5.35. The van der Waals surface area contributed by atoms with E-state index in [2.05, 4.69) is 26.1 Å². The molecule has 0 aromatic carbocycles. The van der Waals surface area contributed by atoms with Gasteiger partial charge in [0.2, 0.25) is 0 Å². The zero-order valence-corrected chi connectivity index (χ0v) is 9.75. The molecule has 2 unspecified atom stereocenters. The van der Waals surface area contributed by atoms with E-state index in [0.717, 1.165) is 19.5 Å². The zero-order chi connectivity index (χ0) is 11.5. The normalized spacial score (nSPS) is 26.9. The van der Waals surface area contributed by atoms with Crippen LogP contribution < -0.4 is 5.32 Å². The van der Waals surface area contributed by atoms with Crippen molar-refractivity contribution in [2.24, 2.45) is 5.41 Å². The molecule has 0 bridgehead atoms. The van der Waals surface area contributed by atoms with Gasteiger partial charge >= 0.3 is 5.97 Å². The van der Waals surface area contributed by atoms with Crippen molar-refractivity contribution in [2.45, 2.75) is 45.8 Å². The Hall–Kier alpha value is -0.610. The van der Waals surface area contributed by atoms with E-state index in [4.69, 9.17) is 9.84 Å². The van der Waals surface area contributed by atoms with Gasteiger partial charge in [0, 0.05) is 13.1 Å². The van der Waals surface area contributed by atoms with Gasteiger partial charge in [0.05, 0.1) is 6.10 Å². The van der Waals surface area contributed by atoms with Gasteiger partial charge in [0.25, 0.3) is 0 Å². The topological polar surface area (TPSA) is 58.6 Å². The average molecular weight is 215 g/mol. The summed E-state index contributed by atoms with van der Waals surface area (Å²) in [5.41, 5.74) is 0.255. The number of carboxylic acids is 1. The minimum absolute atomic E-state index is 0.0634. The standard InChI is InChI=1S/C11H21NO3/c1-11(2,3)7-12-6-8-4-5-9(15-8)10(13)14/h8-9,12H,4-7H2,1-3H3,(H,13,14). The lowest BCUT2D eigenvalue weighted by molar-refractivity contribution is -0.149. The molecule has 1 rings (SSSR count). The number of ether oxygens (including phenoxy) is 1. The lowest BCUT2D eigenvalue weighted by Gasteiger charge is -2.20. The zero-order valence-electron chi connectivity index (χ0n) is 9.75. The van der Waals surface area contributed by atoms with Crippen LogP contribution in [0.4, 0.5) is 0 Å². The number of hydrogen-bond acceptors (Lipinski definition) is 3. The molecule has 2 atom stereocenters. The molecule has 0 aromatic heterocycles. The molecule has 0 radical (unpaired) electrons. The minimum atomic E-state index is -0.840. The van der Waals surface area contributed by atoms with E-state index in [1.165, 1.54) is 0 Å². The van der Waals surface area contributed by atoms with Crippen LogP contribution in [-0.4, -0.2) is 36.4 Å². The molecule has 4 nitrogen and oxygen atoms in total. The molecule has 0 saturated carbocycles. The van der Waals surface area contributed by atoms with E-state index in [-0.39, 0.29) is 11.5 Å². The maximum Gasteiger partial charge on any atom is 0.332 e. The van der Waals surface area contributed by atoms with Crippen LogP contribution in [-0.2, 0) is 9.53 Å². The molecule has 1 aliphatic rings. The molecule has 1 heterocycles. The number of hydrogen-bond donors (Lipinski definition) is 2. The van der Waals surface area contributed by atoms with Crippen LogP contribution in [0, 0.1) is 5.41 Å². The third-order valence-electron chi connectivity index (χ3n) is 2.41. The molecule has 15 heavy (non-hydrogen) atoms. The molecule has 0 aromatic rings. The minimum Gasteiger partial charge on any atom is -0.479 e. The van der Waals surface area contributed by atoms with Crippen molar-refractivity contribution in [2.75, 3.05) is 13.1 Å². The summed E-state index contributed by atoms with van der Waals surface area (Å²) in [7, 11) is 0. The quantitative estimate of drug-likeness (QED) is 0.741. The Labute approximate surface area is 91.0 Å². The Morgan fingerprint density at radius 1 is 1.47 bits per heavy atom. The summed E-state index contributed by atoms with van der Waals surface area (Å²) in [6, 6.07) is 0. The van der Waals surface area contributed by atoms with Crippen LogP contribution in [0.3, 0.4) is 0 Å². The monoisotopic (exact) mass is 215 g/mol. The second kappa shape index (κ2) is 4.94. The molecule has 0 amide bonds. The molecule has 0 aliphatic carbocycles. The van der Waals surface area contributed by atoms with Crippen molar-refractivity contribution in [3.63, 3.8) is 0 Å². The van der Waals surface area contributed by atoms with E-state index in [9.17, 15) is 4.79 Å². The lowest BCUT2D eigenvalue weighted by Crippen LogP contribution is -2.34. The van der Waals surface area contributed by atoms with Crippen LogP contribution in [0.15, 0.2) is 0 Å². The first-order valence-corrected chi connectivity index (χ1v) is 5.47. The summed E-state index contributed by atoms with van der Waals surface area (Å²) in [4.78, 5) is 10.6.